The second-order valence-electron chi connectivity index (χ2n) is 2.84. The molecule has 69 valence electrons. The highest BCUT2D eigenvalue weighted by molar-refractivity contribution is 5.39. The van der Waals surface area contributed by atoms with Crippen molar-refractivity contribution in [3.05, 3.63) is 46.9 Å². The predicted molar refractivity (Wildman–Crippen MR) is 51.4 cm³/mol. The van der Waals surface area contributed by atoms with Crippen LogP contribution in [0.1, 0.15) is 18.4 Å². The summed E-state index contributed by atoms with van der Waals surface area (Å²) in [7, 11) is 0. The molecule has 1 aromatic rings. The van der Waals surface area contributed by atoms with Crippen LogP contribution in [0.3, 0.4) is 0 Å². The molecule has 0 fully saturated rings. The largest absolute Gasteiger partial charge is 0.272 e. The zero-order valence-electron chi connectivity index (χ0n) is 7.40. The van der Waals surface area contributed by atoms with Crippen LogP contribution < -0.4 is 0 Å². The molecule has 0 amide bonds. The molecular weight excluding hydrogens is 166 g/mol. The Bertz CT molecular complexity index is 297. The lowest BCUT2D eigenvalue weighted by molar-refractivity contribution is -0.385. The van der Waals surface area contributed by atoms with Crippen molar-refractivity contribution < 1.29 is 4.92 Å². The first kappa shape index (κ1) is 9.71. The summed E-state index contributed by atoms with van der Waals surface area (Å²) < 4.78 is 0. The smallest absolute Gasteiger partial charge is 0.258 e. The summed E-state index contributed by atoms with van der Waals surface area (Å²) >= 11 is 0. The van der Waals surface area contributed by atoms with Crippen molar-refractivity contribution in [3.63, 3.8) is 0 Å². The average Bonchev–Trinajstić information content (AvgIpc) is 2.15. The number of hydrogen-bond donors (Lipinski definition) is 0. The highest BCUT2D eigenvalue weighted by Gasteiger charge is 2.10. The van der Waals surface area contributed by atoms with E-state index in [-0.39, 0.29) is 10.6 Å². The van der Waals surface area contributed by atoms with Crippen LogP contribution in [0.5, 0.6) is 0 Å². The molecule has 3 nitrogen and oxygen atoms in total. The van der Waals surface area contributed by atoms with Crippen LogP contribution in [0.2, 0.25) is 0 Å². The lowest BCUT2D eigenvalue weighted by Crippen LogP contribution is -1.94. The lowest BCUT2D eigenvalue weighted by atomic mass is 10.1. The van der Waals surface area contributed by atoms with Crippen LogP contribution in [0.15, 0.2) is 24.3 Å². The molecule has 0 aliphatic rings. The average molecular weight is 178 g/mol. The van der Waals surface area contributed by atoms with E-state index in [0.29, 0.717) is 0 Å². The van der Waals surface area contributed by atoms with Crippen molar-refractivity contribution in [2.45, 2.75) is 19.3 Å². The van der Waals surface area contributed by atoms with Crippen LogP contribution in [-0.4, -0.2) is 4.92 Å². The molecule has 0 aliphatic carbocycles. The summed E-state index contributed by atoms with van der Waals surface area (Å²) in [6.07, 6.45) is 2.44. The molecule has 0 heterocycles. The maximum Gasteiger partial charge on any atom is 0.272 e. The molecule has 13 heavy (non-hydrogen) atoms. The van der Waals surface area contributed by atoms with E-state index in [1.165, 1.54) is 0 Å². The van der Waals surface area contributed by atoms with Gasteiger partial charge in [-0.15, -0.1) is 0 Å². The van der Waals surface area contributed by atoms with Crippen molar-refractivity contribution in [1.82, 2.24) is 0 Å². The van der Waals surface area contributed by atoms with Crippen LogP contribution in [0.25, 0.3) is 0 Å². The summed E-state index contributed by atoms with van der Waals surface area (Å²) in [4.78, 5) is 10.2. The molecule has 0 aliphatic heterocycles. The molecular formula is C10H12NO2. The number of nitro groups is 1. The molecule has 0 unspecified atom stereocenters. The molecule has 1 rings (SSSR count). The Morgan fingerprint density at radius 3 is 2.69 bits per heavy atom. The quantitative estimate of drug-likeness (QED) is 0.525. The van der Waals surface area contributed by atoms with E-state index in [4.69, 9.17) is 0 Å². The van der Waals surface area contributed by atoms with E-state index in [9.17, 15) is 10.1 Å². The van der Waals surface area contributed by atoms with E-state index in [0.717, 1.165) is 24.8 Å². The van der Waals surface area contributed by atoms with Gasteiger partial charge in [0.15, 0.2) is 0 Å². The molecule has 0 saturated heterocycles. The Balaban J connectivity index is 2.84. The van der Waals surface area contributed by atoms with E-state index < -0.39 is 0 Å². The fourth-order valence-corrected chi connectivity index (χ4v) is 1.22. The molecule has 0 aromatic heterocycles. The maximum absolute atomic E-state index is 10.6. The number of rotatable bonds is 4. The maximum atomic E-state index is 10.6. The van der Waals surface area contributed by atoms with E-state index >= 15 is 0 Å². The van der Waals surface area contributed by atoms with Gasteiger partial charge in [-0.3, -0.25) is 10.1 Å². The minimum Gasteiger partial charge on any atom is -0.258 e. The fourth-order valence-electron chi connectivity index (χ4n) is 1.22. The molecule has 1 radical (unpaired) electrons. The molecule has 0 saturated carbocycles. The number of aryl methyl sites for hydroxylation is 1. The predicted octanol–water partition coefficient (Wildman–Crippen LogP) is 2.75. The van der Waals surface area contributed by atoms with Crippen LogP contribution in [0.4, 0.5) is 5.69 Å². The van der Waals surface area contributed by atoms with Crippen molar-refractivity contribution in [2.24, 2.45) is 0 Å². The Labute approximate surface area is 77.5 Å². The number of hydrogen-bond acceptors (Lipinski definition) is 2. The topological polar surface area (TPSA) is 43.1 Å². The minimum absolute atomic E-state index is 0.218. The monoisotopic (exact) mass is 178 g/mol. The standard InChI is InChI=1S/C10H12NO2/c1-2-3-6-9-7-4-5-8-10(9)11(12)13/h4-5,7-8H,1-3,6H2. The normalized spacial score (nSPS) is 9.92. The van der Waals surface area contributed by atoms with Gasteiger partial charge >= 0.3 is 0 Å². The van der Waals surface area contributed by atoms with Crippen LogP contribution in [0, 0.1) is 17.0 Å². The molecule has 0 N–H and O–H groups in total. The second-order valence-corrected chi connectivity index (χ2v) is 2.84. The van der Waals surface area contributed by atoms with Gasteiger partial charge in [-0.2, -0.15) is 0 Å². The zero-order chi connectivity index (χ0) is 9.68. The van der Waals surface area contributed by atoms with Gasteiger partial charge in [0.2, 0.25) is 0 Å². The van der Waals surface area contributed by atoms with Gasteiger partial charge in [0, 0.05) is 11.6 Å². The highest BCUT2D eigenvalue weighted by atomic mass is 16.6. The summed E-state index contributed by atoms with van der Waals surface area (Å²) in [5.41, 5.74) is 1.02. The van der Waals surface area contributed by atoms with Gasteiger partial charge < -0.3 is 0 Å². The summed E-state index contributed by atoms with van der Waals surface area (Å²) in [6, 6.07) is 6.85. The SMILES string of the molecule is [CH2]CCCc1ccccc1[N+](=O)[O-]. The van der Waals surface area contributed by atoms with Crippen LogP contribution in [-0.2, 0) is 6.42 Å². The number of nitrogens with zero attached hydrogens (tertiary/aromatic N) is 1. The summed E-state index contributed by atoms with van der Waals surface area (Å²) in [5.74, 6) is 0. The second kappa shape index (κ2) is 4.60. The Morgan fingerprint density at radius 2 is 2.08 bits per heavy atom. The van der Waals surface area contributed by atoms with Gasteiger partial charge in [0.1, 0.15) is 0 Å². The molecule has 0 atom stereocenters. The third-order valence-electron chi connectivity index (χ3n) is 1.88. The Kier molecular flexibility index (Phi) is 3.43. The van der Waals surface area contributed by atoms with Crippen molar-refractivity contribution in [1.29, 1.82) is 0 Å². The fraction of sp³-hybridized carbons (Fsp3) is 0.300. The number of benzene rings is 1. The zero-order valence-corrected chi connectivity index (χ0v) is 7.40. The molecule has 0 bridgehead atoms. The number of para-hydroxylation sites is 1. The number of unbranched alkanes of at least 4 members (excludes halogenated alkanes) is 1. The summed E-state index contributed by atoms with van der Waals surface area (Å²) in [6.45, 7) is 3.71. The molecule has 3 heteroatoms. The minimum atomic E-state index is -0.335. The number of nitro benzene ring substituents is 1. The first-order valence-corrected chi connectivity index (χ1v) is 4.27. The Morgan fingerprint density at radius 1 is 1.38 bits per heavy atom. The van der Waals surface area contributed by atoms with Crippen molar-refractivity contribution in [2.75, 3.05) is 0 Å². The van der Waals surface area contributed by atoms with Gasteiger partial charge in [-0.05, 0) is 12.8 Å². The highest BCUT2D eigenvalue weighted by Crippen LogP contribution is 2.19. The molecule has 1 aromatic carbocycles. The van der Waals surface area contributed by atoms with Crippen molar-refractivity contribution in [3.8, 4) is 0 Å². The van der Waals surface area contributed by atoms with Crippen LogP contribution >= 0.6 is 0 Å². The van der Waals surface area contributed by atoms with Crippen molar-refractivity contribution >= 4 is 5.69 Å². The van der Waals surface area contributed by atoms with Gasteiger partial charge in [0.25, 0.3) is 5.69 Å². The third kappa shape index (κ3) is 2.54. The molecule has 0 spiro atoms. The Hall–Kier alpha value is -1.38. The first-order chi connectivity index (χ1) is 6.25. The lowest BCUT2D eigenvalue weighted by Gasteiger charge is -2.00. The van der Waals surface area contributed by atoms with E-state index in [1.807, 2.05) is 6.07 Å². The first-order valence-electron chi connectivity index (χ1n) is 4.27. The third-order valence-corrected chi connectivity index (χ3v) is 1.88. The van der Waals surface area contributed by atoms with E-state index in [2.05, 4.69) is 6.92 Å². The van der Waals surface area contributed by atoms with Gasteiger partial charge in [-0.25, -0.2) is 0 Å². The summed E-state index contributed by atoms with van der Waals surface area (Å²) in [5, 5.41) is 10.6. The van der Waals surface area contributed by atoms with Gasteiger partial charge in [-0.1, -0.05) is 31.5 Å². The van der Waals surface area contributed by atoms with E-state index in [1.54, 1.807) is 18.2 Å². The van der Waals surface area contributed by atoms with Gasteiger partial charge in [0.05, 0.1) is 4.92 Å².